The number of methoxy groups -OCH3 is 1. The van der Waals surface area contributed by atoms with Crippen LogP contribution in [-0.4, -0.2) is 37.2 Å². The third kappa shape index (κ3) is 3.25. The number of carbonyl (C=O) groups excluding carboxylic acids is 1. The van der Waals surface area contributed by atoms with Crippen LogP contribution in [0.5, 0.6) is 5.75 Å². The first-order valence-corrected chi connectivity index (χ1v) is 9.12. The number of ether oxygens (including phenoxy) is 1. The molecule has 5 heteroatoms. The lowest BCUT2D eigenvalue weighted by atomic mass is 9.78. The molecule has 0 bridgehead atoms. The average molecular weight is 320 g/mol. The largest absolute Gasteiger partial charge is 0.497 e. The molecule has 22 heavy (non-hydrogen) atoms. The number of thioether (sulfide) groups is 1. The highest BCUT2D eigenvalue weighted by atomic mass is 32.2. The van der Waals surface area contributed by atoms with Gasteiger partial charge in [-0.1, -0.05) is 25.0 Å². The first kappa shape index (κ1) is 15.7. The Morgan fingerprint density at radius 2 is 2.27 bits per heavy atom. The number of rotatable bonds is 5. The van der Waals surface area contributed by atoms with Crippen LogP contribution >= 0.6 is 11.8 Å². The molecule has 1 aromatic rings. The molecule has 1 saturated heterocycles. The van der Waals surface area contributed by atoms with Crippen LogP contribution in [0.4, 0.5) is 0 Å². The summed E-state index contributed by atoms with van der Waals surface area (Å²) in [4.78, 5) is 12.3. The zero-order valence-electron chi connectivity index (χ0n) is 13.1. The van der Waals surface area contributed by atoms with Gasteiger partial charge in [-0.3, -0.25) is 10.1 Å². The summed E-state index contributed by atoms with van der Waals surface area (Å²) in [6.07, 6.45) is 4.72. The maximum absolute atomic E-state index is 12.3. The fourth-order valence-corrected chi connectivity index (χ4v) is 4.46. The third-order valence-electron chi connectivity index (χ3n) is 4.88. The quantitative estimate of drug-likeness (QED) is 0.874. The van der Waals surface area contributed by atoms with Crippen molar-refractivity contribution < 1.29 is 9.53 Å². The molecular formula is C17H24N2O2S. The number of benzene rings is 1. The minimum Gasteiger partial charge on any atom is -0.497 e. The summed E-state index contributed by atoms with van der Waals surface area (Å²) in [5.41, 5.74) is 1.36. The van der Waals surface area contributed by atoms with Crippen LogP contribution in [0.15, 0.2) is 24.3 Å². The normalized spacial score (nSPS) is 23.4. The van der Waals surface area contributed by atoms with Gasteiger partial charge in [0.15, 0.2) is 0 Å². The van der Waals surface area contributed by atoms with E-state index >= 15 is 0 Å². The van der Waals surface area contributed by atoms with Crippen LogP contribution in [0.2, 0.25) is 0 Å². The molecule has 0 aromatic heterocycles. The minimum absolute atomic E-state index is 0.0336. The molecule has 1 saturated carbocycles. The molecule has 1 heterocycles. The standard InChI is InChI=1S/C17H24N2O2S/c1-21-14-6-4-5-13(9-14)17(7-2-3-8-17)11-18-16(20)15-10-22-12-19-15/h4-6,9,15,19H,2-3,7-8,10-12H2,1H3,(H,18,20)/t15-/m1/s1. The highest BCUT2D eigenvalue weighted by Crippen LogP contribution is 2.41. The molecule has 4 nitrogen and oxygen atoms in total. The van der Waals surface area contributed by atoms with Crippen LogP contribution in [0.25, 0.3) is 0 Å². The van der Waals surface area contributed by atoms with Gasteiger partial charge in [0.1, 0.15) is 5.75 Å². The molecular weight excluding hydrogens is 296 g/mol. The van der Waals surface area contributed by atoms with E-state index in [9.17, 15) is 4.79 Å². The van der Waals surface area contributed by atoms with Gasteiger partial charge < -0.3 is 10.1 Å². The molecule has 0 radical (unpaired) electrons. The van der Waals surface area contributed by atoms with Crippen molar-refractivity contribution in [3.8, 4) is 5.75 Å². The van der Waals surface area contributed by atoms with E-state index in [0.29, 0.717) is 0 Å². The first-order valence-electron chi connectivity index (χ1n) is 7.97. The van der Waals surface area contributed by atoms with Gasteiger partial charge >= 0.3 is 0 Å². The molecule has 0 unspecified atom stereocenters. The molecule has 1 atom stereocenters. The highest BCUT2D eigenvalue weighted by Gasteiger charge is 2.37. The predicted octanol–water partition coefficient (Wildman–Crippen LogP) is 2.29. The maximum Gasteiger partial charge on any atom is 0.238 e. The second-order valence-corrected chi connectivity index (χ2v) is 7.24. The van der Waals surface area contributed by atoms with Crippen LogP contribution < -0.4 is 15.4 Å². The lowest BCUT2D eigenvalue weighted by Crippen LogP contribution is -2.47. The lowest BCUT2D eigenvalue weighted by Gasteiger charge is -2.30. The second kappa shape index (κ2) is 6.92. The SMILES string of the molecule is COc1cccc(C2(CNC(=O)[C@H]3CSCN3)CCCC2)c1. The Balaban J connectivity index is 1.72. The Morgan fingerprint density at radius 3 is 2.95 bits per heavy atom. The summed E-state index contributed by atoms with van der Waals surface area (Å²) in [5.74, 6) is 2.78. The Bertz CT molecular complexity index is 523. The molecule has 1 aliphatic carbocycles. The van der Waals surface area contributed by atoms with Crippen LogP contribution in [0.3, 0.4) is 0 Å². The van der Waals surface area contributed by atoms with E-state index in [2.05, 4.69) is 22.8 Å². The van der Waals surface area contributed by atoms with Gasteiger partial charge in [-0.25, -0.2) is 0 Å². The van der Waals surface area contributed by atoms with Crippen molar-refractivity contribution >= 4 is 17.7 Å². The van der Waals surface area contributed by atoms with Crippen molar-refractivity contribution in [1.82, 2.24) is 10.6 Å². The van der Waals surface area contributed by atoms with Crippen LogP contribution in [0.1, 0.15) is 31.2 Å². The van der Waals surface area contributed by atoms with Crippen molar-refractivity contribution in [1.29, 1.82) is 0 Å². The number of hydrogen-bond acceptors (Lipinski definition) is 4. The molecule has 1 aromatic carbocycles. The fourth-order valence-electron chi connectivity index (χ4n) is 3.52. The summed E-state index contributed by atoms with van der Waals surface area (Å²) in [7, 11) is 1.70. The molecule has 1 amide bonds. The zero-order chi connectivity index (χ0) is 15.4. The molecule has 2 N–H and O–H groups in total. The van der Waals surface area contributed by atoms with E-state index in [-0.39, 0.29) is 17.4 Å². The predicted molar refractivity (Wildman–Crippen MR) is 90.4 cm³/mol. The summed E-state index contributed by atoms with van der Waals surface area (Å²) in [5, 5.41) is 6.42. The molecule has 3 rings (SSSR count). The topological polar surface area (TPSA) is 50.4 Å². The Morgan fingerprint density at radius 1 is 1.45 bits per heavy atom. The van der Waals surface area contributed by atoms with Gasteiger partial charge in [0, 0.05) is 23.6 Å². The van der Waals surface area contributed by atoms with Crippen LogP contribution in [-0.2, 0) is 10.2 Å². The number of amides is 1. The van der Waals surface area contributed by atoms with Crippen LogP contribution in [0, 0.1) is 0 Å². The van der Waals surface area contributed by atoms with E-state index in [1.165, 1.54) is 18.4 Å². The number of carbonyl (C=O) groups is 1. The van der Waals surface area contributed by atoms with E-state index in [4.69, 9.17) is 4.74 Å². The molecule has 1 aliphatic heterocycles. The van der Waals surface area contributed by atoms with Gasteiger partial charge in [0.25, 0.3) is 0 Å². The molecule has 0 spiro atoms. The maximum atomic E-state index is 12.3. The van der Waals surface area contributed by atoms with Gasteiger partial charge in [-0.05, 0) is 30.5 Å². The summed E-state index contributed by atoms with van der Waals surface area (Å²) in [6.45, 7) is 0.724. The monoisotopic (exact) mass is 320 g/mol. The number of hydrogen-bond donors (Lipinski definition) is 2. The summed E-state index contributed by atoms with van der Waals surface area (Å²) < 4.78 is 5.37. The fraction of sp³-hybridized carbons (Fsp3) is 0.588. The van der Waals surface area contributed by atoms with Gasteiger partial charge in [0.05, 0.1) is 13.2 Å². The highest BCUT2D eigenvalue weighted by molar-refractivity contribution is 7.99. The first-order chi connectivity index (χ1) is 10.7. The second-order valence-electron chi connectivity index (χ2n) is 6.21. The smallest absolute Gasteiger partial charge is 0.238 e. The number of nitrogens with one attached hydrogen (secondary N) is 2. The van der Waals surface area contributed by atoms with Crippen molar-refractivity contribution in [3.63, 3.8) is 0 Å². The molecule has 2 aliphatic rings. The Labute approximate surface area is 136 Å². The van der Waals surface area contributed by atoms with Gasteiger partial charge in [-0.15, -0.1) is 11.8 Å². The Hall–Kier alpha value is -1.20. The average Bonchev–Trinajstić information content (AvgIpc) is 3.25. The summed E-state index contributed by atoms with van der Waals surface area (Å²) in [6, 6.07) is 8.29. The Kier molecular flexibility index (Phi) is 4.93. The van der Waals surface area contributed by atoms with Gasteiger partial charge in [0.2, 0.25) is 5.91 Å². The van der Waals surface area contributed by atoms with E-state index < -0.39 is 0 Å². The van der Waals surface area contributed by atoms with Crippen molar-refractivity contribution in [2.75, 3.05) is 25.3 Å². The lowest BCUT2D eigenvalue weighted by molar-refractivity contribution is -0.122. The third-order valence-corrected chi connectivity index (χ3v) is 5.82. The van der Waals surface area contributed by atoms with Crippen molar-refractivity contribution in [2.24, 2.45) is 0 Å². The van der Waals surface area contributed by atoms with Gasteiger partial charge in [-0.2, -0.15) is 0 Å². The molecule has 2 fully saturated rings. The van der Waals surface area contributed by atoms with Crippen molar-refractivity contribution in [2.45, 2.75) is 37.1 Å². The van der Waals surface area contributed by atoms with E-state index in [1.807, 2.05) is 12.1 Å². The molecule has 120 valence electrons. The van der Waals surface area contributed by atoms with Crippen molar-refractivity contribution in [3.05, 3.63) is 29.8 Å². The summed E-state index contributed by atoms with van der Waals surface area (Å²) >= 11 is 1.78. The van der Waals surface area contributed by atoms with E-state index in [0.717, 1.165) is 36.8 Å². The van der Waals surface area contributed by atoms with E-state index in [1.54, 1.807) is 18.9 Å². The minimum atomic E-state index is -0.0336. The zero-order valence-corrected chi connectivity index (χ0v) is 13.9.